The van der Waals surface area contributed by atoms with E-state index in [1.165, 1.54) is 32.4 Å². The number of alkyl halides is 1. The number of halogens is 1. The van der Waals surface area contributed by atoms with Crippen LogP contribution in [0.4, 0.5) is 5.13 Å². The summed E-state index contributed by atoms with van der Waals surface area (Å²) in [5.41, 5.74) is 0.514. The first-order valence-electron chi connectivity index (χ1n) is 6.81. The number of carbonyl (C=O) groups is 1. The highest BCUT2D eigenvalue weighted by Crippen LogP contribution is 2.28. The minimum atomic E-state index is -0.0838. The van der Waals surface area contributed by atoms with Gasteiger partial charge in [-0.2, -0.15) is 0 Å². The molecular formula is C13H18ClN3OS. The van der Waals surface area contributed by atoms with Gasteiger partial charge in [0.1, 0.15) is 5.69 Å². The van der Waals surface area contributed by atoms with Gasteiger partial charge in [0.15, 0.2) is 10.9 Å². The number of thiazole rings is 1. The molecule has 2 aliphatic rings. The molecule has 1 atom stereocenters. The maximum atomic E-state index is 11.5. The number of carbonyl (C=O) groups excluding carboxylic acids is 1. The SMILES string of the molecule is O=C(CCl)c1csc(N2CCC(N3CCCC3)C2)n1. The van der Waals surface area contributed by atoms with Gasteiger partial charge in [0, 0.05) is 24.5 Å². The Labute approximate surface area is 122 Å². The van der Waals surface area contributed by atoms with E-state index in [1.54, 1.807) is 11.3 Å². The molecule has 3 rings (SSSR count). The first-order chi connectivity index (χ1) is 9.28. The number of likely N-dealkylation sites (tertiary alicyclic amines) is 1. The fourth-order valence-corrected chi connectivity index (χ4v) is 3.93. The lowest BCUT2D eigenvalue weighted by atomic mass is 10.2. The Morgan fingerprint density at radius 3 is 2.95 bits per heavy atom. The minimum absolute atomic E-state index is 0.0135. The summed E-state index contributed by atoms with van der Waals surface area (Å²) in [4.78, 5) is 20.8. The molecule has 0 amide bonds. The van der Waals surface area contributed by atoms with Crippen molar-refractivity contribution in [1.29, 1.82) is 0 Å². The van der Waals surface area contributed by atoms with Gasteiger partial charge in [0.05, 0.1) is 5.88 Å². The molecule has 104 valence electrons. The highest BCUT2D eigenvalue weighted by atomic mass is 35.5. The van der Waals surface area contributed by atoms with Crippen molar-refractivity contribution < 1.29 is 4.79 Å². The average molecular weight is 300 g/mol. The summed E-state index contributed by atoms with van der Waals surface area (Å²) in [6, 6.07) is 0.665. The van der Waals surface area contributed by atoms with E-state index in [4.69, 9.17) is 11.6 Å². The number of hydrogen-bond donors (Lipinski definition) is 0. The van der Waals surface area contributed by atoms with Gasteiger partial charge in [0.2, 0.25) is 0 Å². The number of rotatable bonds is 4. The third kappa shape index (κ3) is 2.78. The van der Waals surface area contributed by atoms with E-state index < -0.39 is 0 Å². The second-order valence-electron chi connectivity index (χ2n) is 5.20. The molecule has 2 fully saturated rings. The Kier molecular flexibility index (Phi) is 4.05. The van der Waals surface area contributed by atoms with Crippen LogP contribution < -0.4 is 4.90 Å². The summed E-state index contributed by atoms with van der Waals surface area (Å²) in [5.74, 6) is -0.0704. The summed E-state index contributed by atoms with van der Waals surface area (Å²) in [6.45, 7) is 4.57. The number of ketones is 1. The quantitative estimate of drug-likeness (QED) is 0.631. The summed E-state index contributed by atoms with van der Waals surface area (Å²) in [5, 5.41) is 2.79. The van der Waals surface area contributed by atoms with Gasteiger partial charge >= 0.3 is 0 Å². The Morgan fingerprint density at radius 1 is 1.42 bits per heavy atom. The molecule has 1 unspecified atom stereocenters. The monoisotopic (exact) mass is 299 g/mol. The Morgan fingerprint density at radius 2 is 2.21 bits per heavy atom. The van der Waals surface area contributed by atoms with E-state index in [9.17, 15) is 4.79 Å². The van der Waals surface area contributed by atoms with E-state index in [0.717, 1.165) is 18.2 Å². The van der Waals surface area contributed by atoms with Crippen LogP contribution in [0.1, 0.15) is 29.8 Å². The van der Waals surface area contributed by atoms with E-state index >= 15 is 0 Å². The van der Waals surface area contributed by atoms with Crippen LogP contribution in [0, 0.1) is 0 Å². The molecule has 19 heavy (non-hydrogen) atoms. The van der Waals surface area contributed by atoms with Crippen LogP contribution in [-0.2, 0) is 0 Å². The second kappa shape index (κ2) is 5.77. The van der Waals surface area contributed by atoms with Gasteiger partial charge in [-0.3, -0.25) is 9.69 Å². The van der Waals surface area contributed by atoms with Crippen LogP contribution in [-0.4, -0.2) is 53.8 Å². The molecule has 4 nitrogen and oxygen atoms in total. The molecule has 6 heteroatoms. The van der Waals surface area contributed by atoms with Crippen molar-refractivity contribution in [2.24, 2.45) is 0 Å². The Balaban J connectivity index is 1.64. The average Bonchev–Trinajstić information content (AvgIpc) is 3.14. The standard InChI is InChI=1S/C13H18ClN3OS/c14-7-12(18)11-9-19-13(15-11)17-6-3-10(8-17)16-4-1-2-5-16/h9-10H,1-8H2. The first kappa shape index (κ1) is 13.3. The summed E-state index contributed by atoms with van der Waals surface area (Å²) < 4.78 is 0. The number of anilines is 1. The molecule has 0 aromatic carbocycles. The molecule has 0 spiro atoms. The van der Waals surface area contributed by atoms with Crippen LogP contribution in [0.3, 0.4) is 0 Å². The highest BCUT2D eigenvalue weighted by Gasteiger charge is 2.30. The third-order valence-corrected chi connectivity index (χ3v) is 5.13. The zero-order chi connectivity index (χ0) is 13.2. The number of hydrogen-bond acceptors (Lipinski definition) is 5. The molecule has 1 aromatic rings. The topological polar surface area (TPSA) is 36.4 Å². The van der Waals surface area contributed by atoms with E-state index in [2.05, 4.69) is 14.8 Å². The Bertz CT molecular complexity index is 458. The Hall–Kier alpha value is -0.650. The van der Waals surface area contributed by atoms with Gasteiger partial charge in [-0.15, -0.1) is 22.9 Å². The smallest absolute Gasteiger partial charge is 0.196 e. The molecule has 1 aromatic heterocycles. The van der Waals surface area contributed by atoms with Crippen LogP contribution in [0.25, 0.3) is 0 Å². The summed E-state index contributed by atoms with van der Waals surface area (Å²) in [7, 11) is 0. The first-order valence-corrected chi connectivity index (χ1v) is 8.23. The minimum Gasteiger partial charge on any atom is -0.346 e. The molecule has 0 saturated carbocycles. The molecule has 2 aliphatic heterocycles. The third-order valence-electron chi connectivity index (χ3n) is 3.99. The van der Waals surface area contributed by atoms with E-state index in [1.807, 2.05) is 5.38 Å². The number of aromatic nitrogens is 1. The fraction of sp³-hybridized carbons (Fsp3) is 0.692. The fourth-order valence-electron chi connectivity index (χ4n) is 2.93. The highest BCUT2D eigenvalue weighted by molar-refractivity contribution is 7.14. The molecule has 2 saturated heterocycles. The van der Waals surface area contributed by atoms with Gasteiger partial charge in [-0.05, 0) is 32.4 Å². The maximum Gasteiger partial charge on any atom is 0.196 e. The largest absolute Gasteiger partial charge is 0.346 e. The van der Waals surface area contributed by atoms with Gasteiger partial charge in [-0.25, -0.2) is 4.98 Å². The predicted octanol–water partition coefficient (Wildman–Crippen LogP) is 2.24. The lowest BCUT2D eigenvalue weighted by Crippen LogP contribution is -2.35. The summed E-state index contributed by atoms with van der Waals surface area (Å²) in [6.07, 6.45) is 3.88. The lowest BCUT2D eigenvalue weighted by molar-refractivity contribution is 0.101. The second-order valence-corrected chi connectivity index (χ2v) is 6.31. The van der Waals surface area contributed by atoms with Gasteiger partial charge in [0.25, 0.3) is 0 Å². The molecule has 0 aliphatic carbocycles. The predicted molar refractivity (Wildman–Crippen MR) is 78.6 cm³/mol. The van der Waals surface area contributed by atoms with Crippen LogP contribution in [0.15, 0.2) is 5.38 Å². The maximum absolute atomic E-state index is 11.5. The van der Waals surface area contributed by atoms with Gasteiger partial charge in [-0.1, -0.05) is 0 Å². The van der Waals surface area contributed by atoms with Crippen molar-refractivity contribution in [2.45, 2.75) is 25.3 Å². The van der Waals surface area contributed by atoms with E-state index in [-0.39, 0.29) is 11.7 Å². The molecule has 0 radical (unpaired) electrons. The van der Waals surface area contributed by atoms with Crippen LogP contribution >= 0.6 is 22.9 Å². The van der Waals surface area contributed by atoms with Gasteiger partial charge < -0.3 is 4.90 Å². The van der Waals surface area contributed by atoms with E-state index in [0.29, 0.717) is 11.7 Å². The van der Waals surface area contributed by atoms with Crippen molar-refractivity contribution in [3.05, 3.63) is 11.1 Å². The van der Waals surface area contributed by atoms with Crippen molar-refractivity contribution in [3.8, 4) is 0 Å². The van der Waals surface area contributed by atoms with Crippen molar-refractivity contribution in [2.75, 3.05) is 37.0 Å². The summed E-state index contributed by atoms with van der Waals surface area (Å²) >= 11 is 7.11. The van der Waals surface area contributed by atoms with Crippen molar-refractivity contribution in [3.63, 3.8) is 0 Å². The van der Waals surface area contributed by atoms with Crippen LogP contribution in [0.5, 0.6) is 0 Å². The van der Waals surface area contributed by atoms with Crippen LogP contribution in [0.2, 0.25) is 0 Å². The van der Waals surface area contributed by atoms with Crippen molar-refractivity contribution >= 4 is 33.9 Å². The van der Waals surface area contributed by atoms with Crippen molar-refractivity contribution in [1.82, 2.24) is 9.88 Å². The zero-order valence-corrected chi connectivity index (χ0v) is 12.4. The molecule has 0 bridgehead atoms. The lowest BCUT2D eigenvalue weighted by Gasteiger charge is -2.23. The zero-order valence-electron chi connectivity index (χ0n) is 10.8. The molecule has 0 N–H and O–H groups in total. The molecule has 3 heterocycles. The number of Topliss-reactive ketones (excluding diaryl/α,β-unsaturated/α-hetero) is 1. The molecular weight excluding hydrogens is 282 g/mol. The number of nitrogens with zero attached hydrogens (tertiary/aromatic N) is 3. The normalized spacial score (nSPS) is 24.3.